The van der Waals surface area contributed by atoms with E-state index in [1.165, 1.54) is 0 Å². The summed E-state index contributed by atoms with van der Waals surface area (Å²) >= 11 is 0. The second kappa shape index (κ2) is 3.37. The van der Waals surface area contributed by atoms with Crippen LogP contribution >= 0.6 is 0 Å². The molecule has 1 aromatic heterocycles. The van der Waals surface area contributed by atoms with Crippen LogP contribution in [-0.4, -0.2) is 28.4 Å². The third kappa shape index (κ3) is 1.46. The van der Waals surface area contributed by atoms with Crippen molar-refractivity contribution in [2.75, 3.05) is 0 Å². The minimum atomic E-state index is -0.807. The predicted octanol–water partition coefficient (Wildman–Crippen LogP) is 1.14. The van der Waals surface area contributed by atoms with Gasteiger partial charge >= 0.3 is 0 Å². The van der Waals surface area contributed by atoms with Gasteiger partial charge in [0.15, 0.2) is 5.78 Å². The van der Waals surface area contributed by atoms with Crippen LogP contribution in [0.25, 0.3) is 0 Å². The lowest BCUT2D eigenvalue weighted by atomic mass is 9.89. The molecule has 1 fully saturated rings. The molecule has 1 saturated heterocycles. The lowest BCUT2D eigenvalue weighted by molar-refractivity contribution is -0.159. The number of hydrogen-bond acceptors (Lipinski definition) is 5. The van der Waals surface area contributed by atoms with E-state index in [1.807, 2.05) is 6.07 Å². The van der Waals surface area contributed by atoms with Gasteiger partial charge < -0.3 is 9.57 Å². The Hall–Kier alpha value is -1.75. The van der Waals surface area contributed by atoms with E-state index in [4.69, 9.17) is 9.57 Å². The van der Waals surface area contributed by atoms with Gasteiger partial charge in [-0.05, 0) is 26.0 Å². The third-order valence-corrected chi connectivity index (χ3v) is 3.07. The average molecular weight is 232 g/mol. The van der Waals surface area contributed by atoms with Gasteiger partial charge in [0, 0.05) is 18.0 Å². The molecule has 5 nitrogen and oxygen atoms in total. The third-order valence-electron chi connectivity index (χ3n) is 3.07. The van der Waals surface area contributed by atoms with Crippen molar-refractivity contribution < 1.29 is 14.4 Å². The van der Waals surface area contributed by atoms with E-state index in [-0.39, 0.29) is 5.78 Å². The van der Waals surface area contributed by atoms with Crippen LogP contribution in [0.1, 0.15) is 19.4 Å². The molecule has 3 rings (SSSR count). The van der Waals surface area contributed by atoms with Gasteiger partial charge in [-0.3, -0.25) is 9.78 Å². The summed E-state index contributed by atoms with van der Waals surface area (Å²) in [7, 11) is 0. The number of carbonyl (C=O) groups is 1. The number of ketones is 1. The maximum atomic E-state index is 12.2. The smallest absolute Gasteiger partial charge is 0.243 e. The zero-order chi connectivity index (χ0) is 12.0. The van der Waals surface area contributed by atoms with Crippen LogP contribution in [0.5, 0.6) is 0 Å². The molecule has 0 bridgehead atoms. The van der Waals surface area contributed by atoms with Crippen LogP contribution in [0.15, 0.2) is 29.7 Å². The molecule has 0 spiro atoms. The summed E-state index contributed by atoms with van der Waals surface area (Å²) in [4.78, 5) is 21.4. The van der Waals surface area contributed by atoms with Gasteiger partial charge in [-0.2, -0.15) is 0 Å². The predicted molar refractivity (Wildman–Crippen MR) is 59.3 cm³/mol. The minimum Gasteiger partial charge on any atom is -0.362 e. The minimum absolute atomic E-state index is 0.00241. The molecule has 0 aromatic carbocycles. The van der Waals surface area contributed by atoms with Crippen molar-refractivity contribution in [1.82, 2.24) is 4.98 Å². The summed E-state index contributed by atoms with van der Waals surface area (Å²) in [5.41, 5.74) is 0.604. The average Bonchev–Trinajstić information content (AvgIpc) is 2.80. The van der Waals surface area contributed by atoms with E-state index < -0.39 is 17.8 Å². The summed E-state index contributed by atoms with van der Waals surface area (Å²) in [6.07, 6.45) is 2.75. The molecule has 2 atom stereocenters. The van der Waals surface area contributed by atoms with Crippen molar-refractivity contribution in [2.45, 2.75) is 25.7 Å². The highest BCUT2D eigenvalue weighted by Crippen LogP contribution is 2.37. The highest BCUT2D eigenvalue weighted by molar-refractivity contribution is 6.17. The van der Waals surface area contributed by atoms with Crippen molar-refractivity contribution in [1.29, 1.82) is 0 Å². The number of rotatable bonds is 1. The Balaban J connectivity index is 1.98. The Morgan fingerprint density at radius 2 is 2.24 bits per heavy atom. The molecule has 17 heavy (non-hydrogen) atoms. The number of fused-ring (bicyclic) bond motifs is 1. The first kappa shape index (κ1) is 10.4. The fourth-order valence-electron chi connectivity index (χ4n) is 2.16. The summed E-state index contributed by atoms with van der Waals surface area (Å²) in [6, 6.07) is 3.66. The zero-order valence-electron chi connectivity index (χ0n) is 9.58. The molecule has 0 amide bonds. The second-order valence-electron chi connectivity index (χ2n) is 4.66. The van der Waals surface area contributed by atoms with Crippen molar-refractivity contribution in [2.24, 2.45) is 11.1 Å². The molecule has 0 saturated carbocycles. The Kier molecular flexibility index (Phi) is 2.06. The lowest BCUT2D eigenvalue weighted by Crippen LogP contribution is -2.32. The molecular formula is C12H12N2O3. The van der Waals surface area contributed by atoms with Crippen LogP contribution in [0, 0.1) is 5.92 Å². The first-order valence-corrected chi connectivity index (χ1v) is 5.46. The topological polar surface area (TPSA) is 60.8 Å². The van der Waals surface area contributed by atoms with Gasteiger partial charge in [-0.1, -0.05) is 5.16 Å². The van der Waals surface area contributed by atoms with E-state index >= 15 is 0 Å². The number of Topliss-reactive ketones (excluding diaryl/α,β-unsaturated/α-hetero) is 1. The largest absolute Gasteiger partial charge is 0.362 e. The SMILES string of the molecule is CC1(C)O[C@H]2ON=C(c3cccnc3)[C@H]2C1=O. The van der Waals surface area contributed by atoms with E-state index in [2.05, 4.69) is 10.1 Å². The molecule has 0 N–H and O–H groups in total. The van der Waals surface area contributed by atoms with Crippen LogP contribution in [-0.2, 0) is 14.4 Å². The number of ether oxygens (including phenoxy) is 1. The molecule has 2 aliphatic heterocycles. The fraction of sp³-hybridized carbons (Fsp3) is 0.417. The first-order valence-electron chi connectivity index (χ1n) is 5.46. The van der Waals surface area contributed by atoms with Gasteiger partial charge in [0.2, 0.25) is 6.29 Å². The summed E-state index contributed by atoms with van der Waals surface area (Å²) in [6.45, 7) is 3.50. The van der Waals surface area contributed by atoms with Crippen LogP contribution in [0.4, 0.5) is 0 Å². The van der Waals surface area contributed by atoms with Crippen LogP contribution in [0.3, 0.4) is 0 Å². The summed E-state index contributed by atoms with van der Waals surface area (Å²) in [5, 5.41) is 3.94. The normalized spacial score (nSPS) is 29.8. The van der Waals surface area contributed by atoms with E-state index in [0.717, 1.165) is 5.56 Å². The van der Waals surface area contributed by atoms with Crippen molar-refractivity contribution in [3.05, 3.63) is 30.1 Å². The number of pyridine rings is 1. The zero-order valence-corrected chi connectivity index (χ0v) is 9.58. The number of hydrogen-bond donors (Lipinski definition) is 0. The standard InChI is InChI=1S/C12H12N2O3/c1-12(2)10(15)8-9(14-17-11(8)16-12)7-4-3-5-13-6-7/h3-6,8,11H,1-2H3/t8-,11-/m0/s1. The molecule has 5 heteroatoms. The quantitative estimate of drug-likeness (QED) is 0.728. The molecule has 1 aromatic rings. The maximum absolute atomic E-state index is 12.2. The van der Waals surface area contributed by atoms with Gasteiger partial charge in [-0.15, -0.1) is 0 Å². The molecule has 88 valence electrons. The Bertz CT molecular complexity index is 496. The highest BCUT2D eigenvalue weighted by Gasteiger charge is 2.55. The molecular weight excluding hydrogens is 220 g/mol. The van der Waals surface area contributed by atoms with Crippen LogP contribution in [0.2, 0.25) is 0 Å². The lowest BCUT2D eigenvalue weighted by Gasteiger charge is -2.15. The Labute approximate surface area is 98.4 Å². The Morgan fingerprint density at radius 3 is 2.94 bits per heavy atom. The van der Waals surface area contributed by atoms with E-state index in [9.17, 15) is 4.79 Å². The summed E-state index contributed by atoms with van der Waals surface area (Å²) in [5.74, 6) is -0.434. The monoisotopic (exact) mass is 232 g/mol. The maximum Gasteiger partial charge on any atom is 0.243 e. The van der Waals surface area contributed by atoms with Crippen molar-refractivity contribution >= 4 is 11.5 Å². The molecule has 0 radical (unpaired) electrons. The highest BCUT2D eigenvalue weighted by atomic mass is 16.8. The molecule has 2 aliphatic rings. The van der Waals surface area contributed by atoms with Crippen LogP contribution < -0.4 is 0 Å². The number of oxime groups is 1. The second-order valence-corrected chi connectivity index (χ2v) is 4.66. The van der Waals surface area contributed by atoms with Gasteiger partial charge in [-0.25, -0.2) is 0 Å². The Morgan fingerprint density at radius 1 is 1.41 bits per heavy atom. The first-order chi connectivity index (χ1) is 8.09. The van der Waals surface area contributed by atoms with Gasteiger partial charge in [0.1, 0.15) is 17.2 Å². The number of aromatic nitrogens is 1. The van der Waals surface area contributed by atoms with E-state index in [1.54, 1.807) is 32.3 Å². The number of nitrogens with zero attached hydrogens (tertiary/aromatic N) is 2. The summed E-state index contributed by atoms with van der Waals surface area (Å²) < 4.78 is 5.53. The molecule has 0 unspecified atom stereocenters. The molecule has 0 aliphatic carbocycles. The van der Waals surface area contributed by atoms with Crippen molar-refractivity contribution in [3.8, 4) is 0 Å². The molecule has 3 heterocycles. The van der Waals surface area contributed by atoms with E-state index in [0.29, 0.717) is 5.71 Å². The fourth-order valence-corrected chi connectivity index (χ4v) is 2.16. The van der Waals surface area contributed by atoms with Gasteiger partial charge in [0.25, 0.3) is 0 Å². The van der Waals surface area contributed by atoms with Crippen molar-refractivity contribution in [3.63, 3.8) is 0 Å². The van der Waals surface area contributed by atoms with Gasteiger partial charge in [0.05, 0.1) is 0 Å². The number of carbonyl (C=O) groups excluding carboxylic acids is 1.